The van der Waals surface area contributed by atoms with Crippen molar-refractivity contribution in [2.75, 3.05) is 26.2 Å². The van der Waals surface area contributed by atoms with Gasteiger partial charge in [-0.3, -0.25) is 14.5 Å². The van der Waals surface area contributed by atoms with Gasteiger partial charge in [0.05, 0.1) is 6.04 Å². The number of hydrogen-bond acceptors (Lipinski definition) is 4. The minimum Gasteiger partial charge on any atom is -0.492 e. The van der Waals surface area contributed by atoms with Gasteiger partial charge in [-0.05, 0) is 87.9 Å². The van der Waals surface area contributed by atoms with E-state index in [2.05, 4.69) is 20.5 Å². The first-order valence-corrected chi connectivity index (χ1v) is 14.1. The van der Waals surface area contributed by atoms with Gasteiger partial charge in [-0.15, -0.1) is 0 Å². The number of carbonyl (C=O) groups excluding carboxylic acids is 2. The number of amides is 2. The summed E-state index contributed by atoms with van der Waals surface area (Å²) in [6.07, 6.45) is 6.58. The van der Waals surface area contributed by atoms with Crippen LogP contribution in [0.1, 0.15) is 73.1 Å². The molecule has 1 aliphatic heterocycles. The van der Waals surface area contributed by atoms with E-state index in [1.165, 1.54) is 38.8 Å². The number of nitrogens with one attached hydrogen (secondary N) is 3. The smallest absolute Gasteiger partial charge is 0.268 e. The van der Waals surface area contributed by atoms with Crippen LogP contribution in [0.5, 0.6) is 5.75 Å². The van der Waals surface area contributed by atoms with E-state index in [9.17, 15) is 9.59 Å². The maximum atomic E-state index is 13.4. The molecule has 2 atom stereocenters. The molecule has 7 nitrogen and oxygen atoms in total. The summed E-state index contributed by atoms with van der Waals surface area (Å²) < 4.78 is 5.92. The van der Waals surface area contributed by atoms with Crippen LogP contribution in [0.15, 0.2) is 48.5 Å². The largest absolute Gasteiger partial charge is 0.492 e. The number of fused-ring (bicyclic) bond motifs is 1. The van der Waals surface area contributed by atoms with Crippen LogP contribution in [0.4, 0.5) is 0 Å². The number of benzene rings is 2. The predicted octanol–water partition coefficient (Wildman–Crippen LogP) is 5.12. The van der Waals surface area contributed by atoms with Crippen molar-refractivity contribution in [1.82, 2.24) is 20.5 Å². The lowest BCUT2D eigenvalue weighted by molar-refractivity contribution is -0.123. The Hall–Kier alpha value is -3.32. The van der Waals surface area contributed by atoms with Crippen molar-refractivity contribution in [3.8, 4) is 5.75 Å². The fraction of sp³-hybridized carbons (Fsp3) is 0.484. The third kappa shape index (κ3) is 6.57. The summed E-state index contributed by atoms with van der Waals surface area (Å²) in [7, 11) is 0. The van der Waals surface area contributed by atoms with E-state index in [0.717, 1.165) is 40.7 Å². The number of para-hydroxylation sites is 1. The quantitative estimate of drug-likeness (QED) is 0.312. The molecule has 7 heteroatoms. The Bertz CT molecular complexity index is 1240. The average molecular weight is 517 g/mol. The van der Waals surface area contributed by atoms with E-state index in [-0.39, 0.29) is 17.9 Å². The molecule has 3 N–H and O–H groups in total. The fourth-order valence-corrected chi connectivity index (χ4v) is 5.37. The topological polar surface area (TPSA) is 86.5 Å². The lowest BCUT2D eigenvalue weighted by Gasteiger charge is -2.22. The van der Waals surface area contributed by atoms with Crippen LogP contribution >= 0.6 is 0 Å². The molecule has 3 aromatic rings. The number of hydrogen-bond donors (Lipinski definition) is 3. The van der Waals surface area contributed by atoms with Crippen molar-refractivity contribution in [2.45, 2.75) is 64.5 Å². The van der Waals surface area contributed by atoms with Gasteiger partial charge in [0, 0.05) is 17.4 Å². The summed E-state index contributed by atoms with van der Waals surface area (Å²) in [4.78, 5) is 32.3. The molecule has 0 radical (unpaired) electrons. The number of rotatable bonds is 12. The number of aromatic amines is 1. The van der Waals surface area contributed by atoms with E-state index >= 15 is 0 Å². The van der Waals surface area contributed by atoms with Gasteiger partial charge < -0.3 is 20.4 Å². The molecule has 1 aromatic heterocycles. The van der Waals surface area contributed by atoms with Crippen molar-refractivity contribution in [3.63, 3.8) is 0 Å². The minimum absolute atomic E-state index is 0.147. The number of carbonyl (C=O) groups is 2. The monoisotopic (exact) mass is 516 g/mol. The van der Waals surface area contributed by atoms with Crippen molar-refractivity contribution >= 4 is 22.7 Å². The molecule has 202 valence electrons. The highest BCUT2D eigenvalue weighted by Crippen LogP contribution is 2.34. The first kappa shape index (κ1) is 26.3. The maximum absolute atomic E-state index is 13.4. The number of aromatic nitrogens is 1. The van der Waals surface area contributed by atoms with Crippen molar-refractivity contribution in [2.24, 2.45) is 5.92 Å². The van der Waals surface area contributed by atoms with Gasteiger partial charge in [-0.25, -0.2) is 0 Å². The zero-order valence-electron chi connectivity index (χ0n) is 22.6. The summed E-state index contributed by atoms with van der Waals surface area (Å²) in [5.74, 6) is 1.13. The normalized spacial score (nSPS) is 17.3. The number of aryl methyl sites for hydroxylation is 1. The molecule has 1 saturated heterocycles. The summed E-state index contributed by atoms with van der Waals surface area (Å²) >= 11 is 0. The second-order valence-electron chi connectivity index (χ2n) is 10.9. The van der Waals surface area contributed by atoms with Crippen LogP contribution in [-0.4, -0.2) is 54.0 Å². The third-order valence-corrected chi connectivity index (χ3v) is 7.99. The van der Waals surface area contributed by atoms with Crippen LogP contribution in [-0.2, 0) is 4.79 Å². The molecule has 2 heterocycles. The van der Waals surface area contributed by atoms with Crippen LogP contribution in [0.25, 0.3) is 10.9 Å². The van der Waals surface area contributed by atoms with Crippen LogP contribution in [0.2, 0.25) is 0 Å². The second-order valence-corrected chi connectivity index (χ2v) is 10.9. The molecule has 0 bridgehead atoms. The van der Waals surface area contributed by atoms with Crippen LogP contribution < -0.4 is 15.4 Å². The minimum atomic E-state index is -0.579. The van der Waals surface area contributed by atoms with Gasteiger partial charge in [0.1, 0.15) is 24.1 Å². The Labute approximate surface area is 225 Å². The average Bonchev–Trinajstić information content (AvgIpc) is 3.49. The zero-order valence-corrected chi connectivity index (χ0v) is 22.6. The maximum Gasteiger partial charge on any atom is 0.268 e. The van der Waals surface area contributed by atoms with E-state index in [4.69, 9.17) is 4.74 Å². The highest BCUT2D eigenvalue weighted by atomic mass is 16.5. The van der Waals surface area contributed by atoms with Gasteiger partial charge in [0.2, 0.25) is 5.91 Å². The first-order valence-electron chi connectivity index (χ1n) is 14.1. The van der Waals surface area contributed by atoms with Gasteiger partial charge in [0.15, 0.2) is 0 Å². The highest BCUT2D eigenvalue weighted by Gasteiger charge is 2.28. The van der Waals surface area contributed by atoms with Crippen molar-refractivity contribution in [3.05, 3.63) is 65.4 Å². The molecule has 2 fully saturated rings. The zero-order chi connectivity index (χ0) is 26.5. The summed E-state index contributed by atoms with van der Waals surface area (Å²) in [6, 6.07) is 15.0. The molecule has 0 unspecified atom stereocenters. The highest BCUT2D eigenvalue weighted by molar-refractivity contribution is 6.02. The Morgan fingerprint density at radius 3 is 2.50 bits per heavy atom. The van der Waals surface area contributed by atoms with E-state index < -0.39 is 6.04 Å². The SMILES string of the molecule is Cc1c(C(=O)N[C@@H](CCC2CC2)C(=O)N[C@H](C)c2ccc(OCCN3CCCC3)cc2)[nH]c2ccccc12. The Morgan fingerprint density at radius 2 is 1.79 bits per heavy atom. The Balaban J connectivity index is 1.18. The van der Waals surface area contributed by atoms with Crippen LogP contribution in [0.3, 0.4) is 0 Å². The van der Waals surface area contributed by atoms with E-state index in [1.807, 2.05) is 62.4 Å². The van der Waals surface area contributed by atoms with Gasteiger partial charge in [0.25, 0.3) is 5.91 Å². The summed E-state index contributed by atoms with van der Waals surface area (Å²) in [5.41, 5.74) is 3.34. The van der Waals surface area contributed by atoms with E-state index in [1.54, 1.807) is 0 Å². The molecule has 5 rings (SSSR count). The summed E-state index contributed by atoms with van der Waals surface area (Å²) in [5, 5.41) is 7.17. The van der Waals surface area contributed by atoms with Crippen molar-refractivity contribution in [1.29, 1.82) is 0 Å². The molecule has 2 aliphatic rings. The predicted molar refractivity (Wildman–Crippen MR) is 150 cm³/mol. The third-order valence-electron chi connectivity index (χ3n) is 7.99. The standard InChI is InChI=1S/C31H40N4O3/c1-21-26-7-3-4-8-27(26)33-29(21)31(37)34-28(16-11-23-9-10-23)30(36)32-22(2)24-12-14-25(15-13-24)38-20-19-35-17-5-6-18-35/h3-4,7-8,12-15,22-23,28,33H,5-6,9-11,16-20H2,1-2H3,(H,32,36)(H,34,37)/t22-,28+/m1/s1. The molecule has 38 heavy (non-hydrogen) atoms. The van der Waals surface area contributed by atoms with E-state index in [0.29, 0.717) is 24.6 Å². The number of nitrogens with zero attached hydrogens (tertiary/aromatic N) is 1. The molecule has 2 amide bonds. The molecule has 0 spiro atoms. The van der Waals surface area contributed by atoms with Gasteiger partial charge in [-0.1, -0.05) is 43.2 Å². The van der Waals surface area contributed by atoms with Crippen molar-refractivity contribution < 1.29 is 14.3 Å². The Morgan fingerprint density at radius 1 is 1.05 bits per heavy atom. The molecule has 1 aliphatic carbocycles. The molecule has 1 saturated carbocycles. The first-order chi connectivity index (χ1) is 18.5. The fourth-order valence-electron chi connectivity index (χ4n) is 5.37. The lowest BCUT2D eigenvalue weighted by Crippen LogP contribution is -2.47. The Kier molecular flexibility index (Phi) is 8.32. The number of likely N-dealkylation sites (tertiary alicyclic amines) is 1. The van der Waals surface area contributed by atoms with Crippen LogP contribution in [0, 0.1) is 12.8 Å². The molecular formula is C31H40N4O3. The molecule has 2 aromatic carbocycles. The summed E-state index contributed by atoms with van der Waals surface area (Å²) in [6.45, 7) is 7.90. The lowest BCUT2D eigenvalue weighted by atomic mass is 10.0. The van der Waals surface area contributed by atoms with Gasteiger partial charge in [-0.2, -0.15) is 0 Å². The number of ether oxygens (including phenoxy) is 1. The van der Waals surface area contributed by atoms with Gasteiger partial charge >= 0.3 is 0 Å². The number of H-pyrrole nitrogens is 1. The molecular weight excluding hydrogens is 476 g/mol. The second kappa shape index (κ2) is 12.0.